The van der Waals surface area contributed by atoms with Crippen LogP contribution in [0.4, 0.5) is 23.2 Å². The molecule has 2 aliphatic heterocycles. The predicted octanol–water partition coefficient (Wildman–Crippen LogP) is 6.25. The molecule has 0 bridgehead atoms. The van der Waals surface area contributed by atoms with Crippen molar-refractivity contribution in [2.24, 2.45) is 11.7 Å². The Kier molecular flexibility index (Phi) is 4.11. The minimum atomic E-state index is -1.04. The molecular weight excluding hydrogens is 492 g/mol. The molecule has 1 atom stereocenters. The van der Waals surface area contributed by atoms with E-state index in [-0.39, 0.29) is 51.0 Å². The number of rotatable bonds is 1. The Morgan fingerprint density at radius 1 is 0.865 bits per heavy atom. The van der Waals surface area contributed by atoms with E-state index in [1.54, 1.807) is 18.2 Å². The lowest BCUT2D eigenvalue weighted by atomic mass is 9.81. The van der Waals surface area contributed by atoms with E-state index in [2.05, 4.69) is 0 Å². The van der Waals surface area contributed by atoms with Crippen LogP contribution in [0.25, 0.3) is 11.1 Å². The van der Waals surface area contributed by atoms with Gasteiger partial charge in [-0.15, -0.1) is 0 Å². The molecule has 4 aliphatic rings. The number of ether oxygens (including phenoxy) is 2. The van der Waals surface area contributed by atoms with E-state index in [4.69, 9.17) is 15.2 Å². The summed E-state index contributed by atoms with van der Waals surface area (Å²) in [7, 11) is 0. The molecule has 6 nitrogen and oxygen atoms in total. The van der Waals surface area contributed by atoms with Crippen LogP contribution in [0.15, 0.2) is 71.7 Å². The zero-order valence-electron chi connectivity index (χ0n) is 18.4. The number of halogens is 4. The van der Waals surface area contributed by atoms with Crippen LogP contribution >= 0.6 is 0 Å². The van der Waals surface area contributed by atoms with Gasteiger partial charge >= 0.3 is 5.69 Å². The van der Waals surface area contributed by atoms with E-state index in [9.17, 15) is 27.7 Å². The zero-order valence-corrected chi connectivity index (χ0v) is 18.4. The normalized spacial score (nSPS) is 18.1. The summed E-state index contributed by atoms with van der Waals surface area (Å²) in [5.41, 5.74) is 7.50. The maximum absolute atomic E-state index is 14.9. The Hall–Kier alpha value is -4.86. The summed E-state index contributed by atoms with van der Waals surface area (Å²) < 4.78 is 70.2. The fourth-order valence-electron chi connectivity index (χ4n) is 5.35. The van der Waals surface area contributed by atoms with E-state index < -0.39 is 39.8 Å². The molecule has 2 aliphatic carbocycles. The second-order valence-electron chi connectivity index (χ2n) is 8.86. The average Bonchev–Trinajstić information content (AvgIpc) is 2.99. The lowest BCUT2D eigenvalue weighted by Crippen LogP contribution is -2.22. The standard InChI is InChI=1S/C27H12F4N2O4/c28-11-6-15-14-5-10-1-3-19(32)26-21(10)22(16-7-12(29)9-18(31)25(16)36-26)13-2-4-20(33(34)35)27(23(13)14)37-24(15)17(30)8-11/h1-10H,32H2. The van der Waals surface area contributed by atoms with Gasteiger partial charge in [0.1, 0.15) is 11.6 Å². The summed E-state index contributed by atoms with van der Waals surface area (Å²) in [5, 5.41) is 11.9. The second-order valence-corrected chi connectivity index (χ2v) is 8.86. The van der Waals surface area contributed by atoms with Gasteiger partial charge in [-0.2, -0.15) is 0 Å². The number of nitro benzene ring substituents is 1. The van der Waals surface area contributed by atoms with Crippen LogP contribution in [0.3, 0.4) is 0 Å². The Morgan fingerprint density at radius 3 is 2.24 bits per heavy atom. The molecule has 0 radical (unpaired) electrons. The van der Waals surface area contributed by atoms with Crippen LogP contribution < -0.4 is 15.2 Å². The number of nitro groups is 1. The SMILES string of the molecule is NC1=C2Oc3c(F)cc(F)cc3C3=C2C(C=C1)C=C1c2cc(F)cc(F)c2Oc2c([N+](=O)[O-])ccc3c21. The minimum Gasteiger partial charge on any atom is -0.451 e. The zero-order chi connectivity index (χ0) is 25.7. The highest BCUT2D eigenvalue weighted by Gasteiger charge is 2.42. The highest BCUT2D eigenvalue weighted by Crippen LogP contribution is 2.57. The summed E-state index contributed by atoms with van der Waals surface area (Å²) in [6.45, 7) is 0. The molecule has 37 heavy (non-hydrogen) atoms. The van der Waals surface area contributed by atoms with Gasteiger partial charge in [-0.3, -0.25) is 10.1 Å². The lowest BCUT2D eigenvalue weighted by molar-refractivity contribution is -0.385. The van der Waals surface area contributed by atoms with E-state index in [0.717, 1.165) is 12.1 Å². The first-order chi connectivity index (χ1) is 17.7. The summed E-state index contributed by atoms with van der Waals surface area (Å²) in [5.74, 6) is -5.14. The van der Waals surface area contributed by atoms with Crippen molar-refractivity contribution >= 4 is 16.8 Å². The van der Waals surface area contributed by atoms with Crippen molar-refractivity contribution in [3.05, 3.63) is 127 Å². The Balaban J connectivity index is 1.66. The van der Waals surface area contributed by atoms with Crippen LogP contribution in [0.1, 0.15) is 22.3 Å². The molecular formula is C27H12F4N2O4. The maximum atomic E-state index is 14.9. The van der Waals surface area contributed by atoms with Crippen LogP contribution in [0.2, 0.25) is 0 Å². The van der Waals surface area contributed by atoms with Crippen LogP contribution in [-0.2, 0) is 0 Å². The van der Waals surface area contributed by atoms with Gasteiger partial charge in [0.25, 0.3) is 0 Å². The lowest BCUT2D eigenvalue weighted by Gasteiger charge is -2.31. The molecule has 0 amide bonds. The van der Waals surface area contributed by atoms with Crippen molar-refractivity contribution in [1.29, 1.82) is 0 Å². The first kappa shape index (κ1) is 21.4. The minimum absolute atomic E-state index is 0.0376. The van der Waals surface area contributed by atoms with Gasteiger partial charge in [-0.1, -0.05) is 12.2 Å². The van der Waals surface area contributed by atoms with Crippen molar-refractivity contribution < 1.29 is 32.0 Å². The molecule has 0 fully saturated rings. The van der Waals surface area contributed by atoms with Gasteiger partial charge in [-0.05, 0) is 35.4 Å². The molecule has 0 saturated heterocycles. The third-order valence-electron chi connectivity index (χ3n) is 6.80. The third-order valence-corrected chi connectivity index (χ3v) is 6.80. The monoisotopic (exact) mass is 504 g/mol. The number of nitrogens with two attached hydrogens (primary N) is 1. The molecule has 10 heteroatoms. The van der Waals surface area contributed by atoms with Gasteiger partial charge in [0, 0.05) is 52.0 Å². The van der Waals surface area contributed by atoms with Gasteiger partial charge in [0.05, 0.1) is 10.6 Å². The fourth-order valence-corrected chi connectivity index (χ4v) is 5.35. The number of fused-ring (bicyclic) bond motifs is 5. The van der Waals surface area contributed by atoms with Crippen molar-refractivity contribution in [1.82, 2.24) is 0 Å². The van der Waals surface area contributed by atoms with Crippen molar-refractivity contribution in [2.45, 2.75) is 0 Å². The van der Waals surface area contributed by atoms with E-state index in [1.165, 1.54) is 12.1 Å². The molecule has 0 spiro atoms. The van der Waals surface area contributed by atoms with Gasteiger partial charge < -0.3 is 15.2 Å². The van der Waals surface area contributed by atoms with E-state index >= 15 is 0 Å². The molecule has 1 unspecified atom stereocenters. The van der Waals surface area contributed by atoms with Crippen LogP contribution in [0.5, 0.6) is 17.2 Å². The maximum Gasteiger partial charge on any atom is 0.312 e. The smallest absolute Gasteiger partial charge is 0.312 e. The van der Waals surface area contributed by atoms with E-state index in [0.29, 0.717) is 28.8 Å². The molecule has 0 aromatic heterocycles. The first-order valence-electron chi connectivity index (χ1n) is 11.0. The summed E-state index contributed by atoms with van der Waals surface area (Å²) >= 11 is 0. The van der Waals surface area contributed by atoms with Gasteiger partial charge in [0.15, 0.2) is 28.9 Å². The second kappa shape index (κ2) is 7.10. The van der Waals surface area contributed by atoms with Crippen molar-refractivity contribution in [3.63, 3.8) is 0 Å². The Bertz CT molecular complexity index is 1770. The van der Waals surface area contributed by atoms with E-state index in [1.807, 2.05) is 0 Å². The number of allylic oxidation sites excluding steroid dienone is 4. The Morgan fingerprint density at radius 2 is 1.54 bits per heavy atom. The van der Waals surface area contributed by atoms with Crippen molar-refractivity contribution in [2.75, 3.05) is 0 Å². The fraction of sp³-hybridized carbons (Fsp3) is 0.0370. The molecule has 2 heterocycles. The molecule has 0 saturated carbocycles. The number of hydrogen-bond acceptors (Lipinski definition) is 5. The molecule has 2 N–H and O–H groups in total. The number of benzene rings is 3. The Labute approximate surface area is 205 Å². The average molecular weight is 504 g/mol. The highest BCUT2D eigenvalue weighted by molar-refractivity contribution is 6.02. The number of nitrogens with zero attached hydrogens (tertiary/aromatic N) is 1. The van der Waals surface area contributed by atoms with Gasteiger partial charge in [-0.25, -0.2) is 17.6 Å². The predicted molar refractivity (Wildman–Crippen MR) is 123 cm³/mol. The highest BCUT2D eigenvalue weighted by atomic mass is 19.1. The van der Waals surface area contributed by atoms with Crippen LogP contribution in [0, 0.1) is 39.3 Å². The largest absolute Gasteiger partial charge is 0.451 e. The molecule has 3 aromatic rings. The summed E-state index contributed by atoms with van der Waals surface area (Å²) in [6, 6.07) is 6.05. The first-order valence-corrected chi connectivity index (χ1v) is 11.0. The van der Waals surface area contributed by atoms with Gasteiger partial charge in [0.2, 0.25) is 5.75 Å². The van der Waals surface area contributed by atoms with Crippen molar-refractivity contribution in [3.8, 4) is 17.2 Å². The molecule has 7 rings (SSSR count). The summed E-state index contributed by atoms with van der Waals surface area (Å²) in [4.78, 5) is 11.2. The quantitative estimate of drug-likeness (QED) is 0.188. The summed E-state index contributed by atoms with van der Waals surface area (Å²) in [6.07, 6.45) is 4.91. The third kappa shape index (κ3) is 2.80. The number of hydrogen-bond donors (Lipinski definition) is 1. The topological polar surface area (TPSA) is 87.6 Å². The molecule has 182 valence electrons. The molecule has 3 aromatic carbocycles. The van der Waals surface area contributed by atoms with Crippen LogP contribution in [-0.4, -0.2) is 4.92 Å².